The van der Waals surface area contributed by atoms with Gasteiger partial charge in [0.15, 0.2) is 0 Å². The van der Waals surface area contributed by atoms with Crippen LogP contribution in [0, 0.1) is 0 Å². The van der Waals surface area contributed by atoms with E-state index in [0.29, 0.717) is 12.6 Å². The maximum atomic E-state index is 9.19. The summed E-state index contributed by atoms with van der Waals surface area (Å²) in [5.74, 6) is 0. The Morgan fingerprint density at radius 3 is 2.75 bits per heavy atom. The van der Waals surface area contributed by atoms with Crippen LogP contribution >= 0.6 is 0 Å². The molecule has 0 bridgehead atoms. The quantitative estimate of drug-likeness (QED) is 0.641. The molecule has 0 aromatic carbocycles. The van der Waals surface area contributed by atoms with Crippen LogP contribution in [0.4, 0.5) is 0 Å². The van der Waals surface area contributed by atoms with Gasteiger partial charge < -0.3 is 5.11 Å². The average Bonchev–Trinajstić information content (AvgIpc) is 2.17. The van der Waals surface area contributed by atoms with Crippen molar-refractivity contribution in [2.24, 2.45) is 0 Å². The third-order valence-electron chi connectivity index (χ3n) is 3.43. The molecule has 2 rings (SSSR count). The van der Waals surface area contributed by atoms with Crippen molar-refractivity contribution in [3.8, 4) is 0 Å². The third kappa shape index (κ3) is 1.50. The van der Waals surface area contributed by atoms with Crippen LogP contribution in [0.3, 0.4) is 0 Å². The summed E-state index contributed by atoms with van der Waals surface area (Å²) in [5, 5.41) is 9.19. The molecule has 2 fully saturated rings. The zero-order chi connectivity index (χ0) is 8.39. The van der Waals surface area contributed by atoms with Crippen LogP contribution in [0.1, 0.15) is 38.5 Å². The van der Waals surface area contributed by atoms with E-state index in [9.17, 15) is 5.11 Å². The van der Waals surface area contributed by atoms with Gasteiger partial charge in [-0.15, -0.1) is 0 Å². The number of nitrogens with zero attached hydrogens (tertiary/aromatic N) is 1. The Balaban J connectivity index is 1.99. The molecule has 70 valence electrons. The molecule has 0 amide bonds. The van der Waals surface area contributed by atoms with Gasteiger partial charge in [0.1, 0.15) is 0 Å². The largest absolute Gasteiger partial charge is 0.395 e. The molecule has 2 nitrogen and oxygen atoms in total. The Hall–Kier alpha value is -0.0800. The van der Waals surface area contributed by atoms with Gasteiger partial charge in [0.25, 0.3) is 0 Å². The minimum absolute atomic E-state index is 0.372. The van der Waals surface area contributed by atoms with Crippen LogP contribution in [0.25, 0.3) is 0 Å². The van der Waals surface area contributed by atoms with Crippen molar-refractivity contribution in [1.82, 2.24) is 4.90 Å². The Labute approximate surface area is 74.6 Å². The van der Waals surface area contributed by atoms with Gasteiger partial charge in [0.2, 0.25) is 0 Å². The van der Waals surface area contributed by atoms with E-state index in [-0.39, 0.29) is 0 Å². The molecule has 1 N–H and O–H groups in total. The molecule has 0 spiro atoms. The minimum atomic E-state index is 0.372. The Morgan fingerprint density at radius 1 is 1.08 bits per heavy atom. The maximum absolute atomic E-state index is 9.19. The summed E-state index contributed by atoms with van der Waals surface area (Å²) in [6.07, 6.45) is 8.03. The van der Waals surface area contributed by atoms with Gasteiger partial charge in [-0.05, 0) is 32.2 Å². The molecule has 0 aromatic heterocycles. The lowest BCUT2D eigenvalue weighted by Gasteiger charge is -2.44. The molecule has 12 heavy (non-hydrogen) atoms. The first-order valence-electron chi connectivity index (χ1n) is 5.28. The van der Waals surface area contributed by atoms with Crippen LogP contribution in [0.15, 0.2) is 0 Å². The zero-order valence-electron chi connectivity index (χ0n) is 7.71. The van der Waals surface area contributed by atoms with Gasteiger partial charge in [0, 0.05) is 12.1 Å². The van der Waals surface area contributed by atoms with Gasteiger partial charge in [-0.1, -0.05) is 12.8 Å². The third-order valence-corrected chi connectivity index (χ3v) is 3.43. The number of piperidine rings is 2. The SMILES string of the molecule is OC[C@@H]1CCC[C@H]2CCCCN21. The second-order valence-corrected chi connectivity index (χ2v) is 4.15. The molecule has 0 radical (unpaired) electrons. The predicted octanol–water partition coefficient (Wildman–Crippen LogP) is 1.39. The molecule has 2 aliphatic heterocycles. The van der Waals surface area contributed by atoms with Gasteiger partial charge in [0.05, 0.1) is 6.61 Å². The highest BCUT2D eigenvalue weighted by Gasteiger charge is 2.31. The van der Waals surface area contributed by atoms with Crippen LogP contribution in [0.2, 0.25) is 0 Å². The van der Waals surface area contributed by atoms with Gasteiger partial charge in [-0.2, -0.15) is 0 Å². The Morgan fingerprint density at radius 2 is 1.92 bits per heavy atom. The van der Waals surface area contributed by atoms with Crippen molar-refractivity contribution in [2.75, 3.05) is 13.2 Å². The van der Waals surface area contributed by atoms with Crippen LogP contribution in [-0.4, -0.2) is 35.2 Å². The molecular formula is C10H19NO. The number of rotatable bonds is 1. The summed E-state index contributed by atoms with van der Waals surface area (Å²) in [6.45, 7) is 1.60. The van der Waals surface area contributed by atoms with Crippen molar-refractivity contribution >= 4 is 0 Å². The first-order chi connectivity index (χ1) is 5.92. The average molecular weight is 169 g/mol. The monoisotopic (exact) mass is 169 g/mol. The number of hydrogen-bond acceptors (Lipinski definition) is 2. The van der Waals surface area contributed by atoms with E-state index in [1.165, 1.54) is 45.1 Å². The molecule has 2 aliphatic rings. The summed E-state index contributed by atoms with van der Waals surface area (Å²) in [4.78, 5) is 2.55. The molecular weight excluding hydrogens is 150 g/mol. The number of aliphatic hydroxyl groups excluding tert-OH is 1. The topological polar surface area (TPSA) is 23.5 Å². The van der Waals surface area contributed by atoms with Crippen molar-refractivity contribution in [2.45, 2.75) is 50.6 Å². The second kappa shape index (κ2) is 3.75. The maximum Gasteiger partial charge on any atom is 0.0586 e. The normalized spacial score (nSPS) is 37.8. The van der Waals surface area contributed by atoms with E-state index in [1.54, 1.807) is 0 Å². The molecule has 2 atom stereocenters. The van der Waals surface area contributed by atoms with E-state index in [0.717, 1.165) is 6.04 Å². The summed E-state index contributed by atoms with van der Waals surface area (Å²) < 4.78 is 0. The van der Waals surface area contributed by atoms with Crippen LogP contribution in [0.5, 0.6) is 0 Å². The fraction of sp³-hybridized carbons (Fsp3) is 1.00. The molecule has 0 aliphatic carbocycles. The van der Waals surface area contributed by atoms with Crippen molar-refractivity contribution < 1.29 is 5.11 Å². The van der Waals surface area contributed by atoms with Crippen molar-refractivity contribution in [1.29, 1.82) is 0 Å². The summed E-state index contributed by atoms with van der Waals surface area (Å²) >= 11 is 0. The molecule has 2 heteroatoms. The fourth-order valence-electron chi connectivity index (χ4n) is 2.76. The second-order valence-electron chi connectivity index (χ2n) is 4.15. The molecule has 0 aromatic rings. The zero-order valence-corrected chi connectivity index (χ0v) is 7.71. The first-order valence-corrected chi connectivity index (χ1v) is 5.28. The molecule has 0 saturated carbocycles. The van der Waals surface area contributed by atoms with Crippen molar-refractivity contribution in [3.05, 3.63) is 0 Å². The lowest BCUT2D eigenvalue weighted by Crippen LogP contribution is -2.50. The first kappa shape index (κ1) is 8.52. The summed E-state index contributed by atoms with van der Waals surface area (Å²) in [6, 6.07) is 1.30. The highest BCUT2D eigenvalue weighted by atomic mass is 16.3. The molecule has 2 saturated heterocycles. The molecule has 0 unspecified atom stereocenters. The Kier molecular flexibility index (Phi) is 2.66. The van der Waals surface area contributed by atoms with Gasteiger partial charge >= 0.3 is 0 Å². The standard InChI is InChI=1S/C10H19NO/c12-8-10-6-3-5-9-4-1-2-7-11(9)10/h9-10,12H,1-8H2/t9-,10+/m1/s1. The fourth-order valence-corrected chi connectivity index (χ4v) is 2.76. The van der Waals surface area contributed by atoms with Gasteiger partial charge in [-0.3, -0.25) is 4.90 Å². The van der Waals surface area contributed by atoms with E-state index in [4.69, 9.17) is 0 Å². The van der Waals surface area contributed by atoms with E-state index < -0.39 is 0 Å². The predicted molar refractivity (Wildman–Crippen MR) is 49.1 cm³/mol. The number of hydrogen-bond donors (Lipinski definition) is 1. The van der Waals surface area contributed by atoms with Crippen LogP contribution in [-0.2, 0) is 0 Å². The van der Waals surface area contributed by atoms with Crippen molar-refractivity contribution in [3.63, 3.8) is 0 Å². The van der Waals surface area contributed by atoms with Crippen LogP contribution < -0.4 is 0 Å². The lowest BCUT2D eigenvalue weighted by molar-refractivity contribution is 0.0221. The lowest BCUT2D eigenvalue weighted by atomic mass is 9.89. The van der Waals surface area contributed by atoms with E-state index in [1.807, 2.05) is 0 Å². The summed E-state index contributed by atoms with van der Waals surface area (Å²) in [5.41, 5.74) is 0. The van der Waals surface area contributed by atoms with E-state index >= 15 is 0 Å². The number of aliphatic hydroxyl groups is 1. The Bertz CT molecular complexity index is 140. The summed E-state index contributed by atoms with van der Waals surface area (Å²) in [7, 11) is 0. The smallest absolute Gasteiger partial charge is 0.0586 e. The highest BCUT2D eigenvalue weighted by Crippen LogP contribution is 2.29. The van der Waals surface area contributed by atoms with Gasteiger partial charge in [-0.25, -0.2) is 0 Å². The highest BCUT2D eigenvalue weighted by molar-refractivity contribution is 4.86. The molecule has 2 heterocycles. The minimum Gasteiger partial charge on any atom is -0.395 e. The van der Waals surface area contributed by atoms with E-state index in [2.05, 4.69) is 4.90 Å². The number of fused-ring (bicyclic) bond motifs is 1.